The van der Waals surface area contributed by atoms with Gasteiger partial charge in [0.25, 0.3) is 0 Å². The molecule has 14 aromatic carbocycles. The molecular weight excluding hydrogens is 1660 g/mol. The van der Waals surface area contributed by atoms with Crippen LogP contribution in [0.5, 0.6) is 0 Å². The van der Waals surface area contributed by atoms with Gasteiger partial charge < -0.3 is 10.0 Å². The van der Waals surface area contributed by atoms with Crippen molar-refractivity contribution in [3.8, 4) is 124 Å². The van der Waals surface area contributed by atoms with Gasteiger partial charge in [-0.1, -0.05) is 336 Å². The quantitative estimate of drug-likeness (QED) is 0.114. The molecule has 0 amide bonds. The van der Waals surface area contributed by atoms with E-state index >= 15 is 0 Å². The van der Waals surface area contributed by atoms with Gasteiger partial charge in [-0.3, -0.25) is 0 Å². The summed E-state index contributed by atoms with van der Waals surface area (Å²) in [5.74, 6) is 3.66. The van der Waals surface area contributed by atoms with E-state index in [4.69, 9.17) is 38.2 Å². The van der Waals surface area contributed by atoms with Gasteiger partial charge in [-0.2, -0.15) is 0 Å². The molecule has 0 radical (unpaired) electrons. The van der Waals surface area contributed by atoms with Crippen LogP contribution in [0.4, 0.5) is 2.86 Å². The molecule has 0 saturated carbocycles. The summed E-state index contributed by atoms with van der Waals surface area (Å²) in [5, 5.41) is 20.7. The third kappa shape index (κ3) is 12.6. The molecule has 2 heterocycles. The van der Waals surface area contributed by atoms with Crippen LogP contribution in [0.2, 0.25) is 10.0 Å². The van der Waals surface area contributed by atoms with Crippen LogP contribution in [-0.4, -0.2) is 47.1 Å². The molecule has 20 rings (SSSR count). The zero-order valence-corrected chi connectivity index (χ0v) is 64.2. The Kier molecular flexibility index (Phi) is 19.3. The van der Waals surface area contributed by atoms with Crippen molar-refractivity contribution >= 4 is 70.3 Å². The van der Waals surface area contributed by atoms with Crippen molar-refractivity contribution in [2.24, 2.45) is 0 Å². The predicted molar refractivity (Wildman–Crippen MR) is 439 cm³/mol. The molecule has 2 spiro atoms. The zero-order chi connectivity index (χ0) is 72.8. The standard InChI is InChI=1S/C46H28ClN3.C25H17BO2.C21H13BrClN3.FI2/c47-34-26-32(25-33(27-34)45-49-43(29-13-3-1-4-14-29)48-44(50-45)30-15-5-2-6-16-30)31-23-24-42-38(28-31)37-19-9-12-22-41(37)46(42)39-20-10-7-17-35(39)36-18-8-11-21-40(36)46;27-26(28)16-13-14-24-20(15-16)19-9-3-6-12-23(19)25(24)21-10-4-1-7-17(21)18-8-2-5-11-22(18)25;22-17-11-16(12-18(23)13-17)21-25-19(14-7-3-1-4-8-14)24-20(26-21)15-9-5-2-6-10-15;1-3-2/h1-28H;1-15,27-28H;1-13H;/q;;;-1. The molecular formula is C92H58BBrCl2FI2N6O2-. The molecule has 0 fully saturated rings. The minimum Gasteiger partial charge on any atom is -0.423 e. The monoisotopic (exact) mass is 1710 g/mol. The Hall–Kier alpha value is -10.5. The average molecular weight is 1710 g/mol. The molecule has 0 atom stereocenters. The third-order valence-corrected chi connectivity index (χ3v) is 21.2. The van der Waals surface area contributed by atoms with E-state index in [0.29, 0.717) is 50.5 Å². The molecule has 4 aliphatic rings. The summed E-state index contributed by atoms with van der Waals surface area (Å²) in [5.41, 5.74) is 27.5. The average Bonchev–Trinajstić information content (AvgIpc) is 1.52. The summed E-state index contributed by atoms with van der Waals surface area (Å²) in [7, 11) is -1.47. The molecule has 0 aliphatic heterocycles. The normalized spacial score (nSPS) is 12.7. The number of fused-ring (bicyclic) bond motifs is 20. The Morgan fingerprint density at radius 2 is 0.542 bits per heavy atom. The second-order valence-electron chi connectivity index (χ2n) is 26.2. The van der Waals surface area contributed by atoms with Crippen LogP contribution in [0.15, 0.2) is 344 Å². The molecule has 2 aromatic heterocycles. The molecule has 2 N–H and O–H groups in total. The van der Waals surface area contributed by atoms with Crippen molar-refractivity contribution in [2.45, 2.75) is 10.8 Å². The first-order valence-corrected chi connectivity index (χ1v) is 43.3. The second-order valence-corrected chi connectivity index (χ2v) is 30.4. The molecule has 514 valence electrons. The van der Waals surface area contributed by atoms with Crippen molar-refractivity contribution < 1.29 is 30.7 Å². The number of nitrogens with zero attached hydrogens (tertiary/aromatic N) is 6. The summed E-state index contributed by atoms with van der Waals surface area (Å²) in [6.45, 7) is 0. The van der Waals surface area contributed by atoms with Gasteiger partial charge in [-0.15, -0.1) is 0 Å². The van der Waals surface area contributed by atoms with Crippen LogP contribution in [0.25, 0.3) is 124 Å². The first-order valence-electron chi connectivity index (χ1n) is 34.6. The van der Waals surface area contributed by atoms with E-state index < -0.39 is 24.9 Å². The fourth-order valence-corrected chi connectivity index (χ4v) is 17.1. The number of aromatic nitrogens is 6. The summed E-state index contributed by atoms with van der Waals surface area (Å²) >= 11 is 17.4. The van der Waals surface area contributed by atoms with Gasteiger partial charge in [0.2, 0.25) is 0 Å². The molecule has 0 unspecified atom stereocenters. The summed E-state index contributed by atoms with van der Waals surface area (Å²) in [6, 6.07) is 117. The van der Waals surface area contributed by atoms with Gasteiger partial charge in [-0.05, 0) is 148 Å². The Morgan fingerprint density at radius 3 is 0.879 bits per heavy atom. The van der Waals surface area contributed by atoms with E-state index in [2.05, 4.69) is 207 Å². The molecule has 0 saturated heterocycles. The van der Waals surface area contributed by atoms with Crippen molar-refractivity contribution in [1.29, 1.82) is 0 Å². The molecule has 4 aliphatic carbocycles. The number of hydrogen-bond donors (Lipinski definition) is 2. The van der Waals surface area contributed by atoms with E-state index in [0.717, 1.165) is 60.1 Å². The minimum atomic E-state index is -1.47. The summed E-state index contributed by atoms with van der Waals surface area (Å²) in [4.78, 5) is 28.9. The van der Waals surface area contributed by atoms with Gasteiger partial charge in [0.1, 0.15) is 0 Å². The number of halogens is 6. The fraction of sp³-hybridized carbons (Fsp3) is 0.0217. The Bertz CT molecular complexity index is 5860. The Labute approximate surface area is 658 Å². The van der Waals surface area contributed by atoms with Crippen LogP contribution >= 0.6 is 57.7 Å². The smallest absolute Gasteiger partial charge is 0.423 e. The van der Waals surface area contributed by atoms with E-state index in [-0.39, 0.29) is 10.8 Å². The second kappa shape index (κ2) is 29.7. The van der Waals surface area contributed by atoms with Gasteiger partial charge in [0.05, 0.1) is 10.8 Å². The largest absolute Gasteiger partial charge is 0.488 e. The number of hydrogen-bond acceptors (Lipinski definition) is 8. The maximum Gasteiger partial charge on any atom is 0.488 e. The van der Waals surface area contributed by atoms with Crippen LogP contribution in [0.1, 0.15) is 44.5 Å². The topological polar surface area (TPSA) is 118 Å². The molecule has 0 bridgehead atoms. The van der Waals surface area contributed by atoms with Crippen molar-refractivity contribution in [2.75, 3.05) is 0 Å². The zero-order valence-electron chi connectivity index (χ0n) is 56.8. The van der Waals surface area contributed by atoms with Crippen LogP contribution in [-0.2, 0) is 10.8 Å². The summed E-state index contributed by atoms with van der Waals surface area (Å²) in [6.07, 6.45) is 0. The Balaban J connectivity index is 0.000000125. The predicted octanol–water partition coefficient (Wildman–Crippen LogP) is 19.8. The summed E-state index contributed by atoms with van der Waals surface area (Å²) < 4.78 is 11.3. The minimum absolute atomic E-state index is 0.363. The Morgan fingerprint density at radius 1 is 0.280 bits per heavy atom. The maximum atomic E-state index is 10.4. The van der Waals surface area contributed by atoms with E-state index in [9.17, 15) is 12.9 Å². The van der Waals surface area contributed by atoms with Gasteiger partial charge in [0.15, 0.2) is 34.9 Å². The van der Waals surface area contributed by atoms with E-state index in [1.54, 1.807) is 18.6 Å². The molecule has 8 nitrogen and oxygen atoms in total. The molecule has 107 heavy (non-hydrogen) atoms. The fourth-order valence-electron chi connectivity index (χ4n) is 16.0. The molecule has 15 heteroatoms. The van der Waals surface area contributed by atoms with Crippen molar-refractivity contribution in [3.63, 3.8) is 0 Å². The first-order chi connectivity index (χ1) is 52.5. The van der Waals surface area contributed by atoms with Gasteiger partial charge in [0, 0.05) is 47.9 Å². The van der Waals surface area contributed by atoms with Gasteiger partial charge in [-0.25, -0.2) is 29.9 Å². The van der Waals surface area contributed by atoms with Crippen LogP contribution < -0.4 is 23.3 Å². The van der Waals surface area contributed by atoms with Crippen molar-refractivity contribution in [3.05, 3.63) is 399 Å². The van der Waals surface area contributed by atoms with Crippen molar-refractivity contribution in [1.82, 2.24) is 29.9 Å². The SMILES string of the molecule is Clc1cc(-c2ccc3c(c2)-c2ccccc2C32c3ccccc3-c3ccccc32)cc(-c2nc(-c3ccccc3)nc(-c3ccccc3)n2)c1.Clc1cc(Br)cc(-c2nc(-c3ccccc3)nc(-c3ccccc3)n2)c1.F[I-]I.OB(O)c1ccc2c(c1)-c1ccccc1C21c2ccccc2-c2ccccc21. The van der Waals surface area contributed by atoms with E-state index in [1.807, 2.05) is 164 Å². The van der Waals surface area contributed by atoms with Crippen LogP contribution in [0.3, 0.4) is 0 Å². The van der Waals surface area contributed by atoms with E-state index in [1.165, 1.54) is 77.9 Å². The number of rotatable bonds is 8. The molecule has 16 aromatic rings. The van der Waals surface area contributed by atoms with Gasteiger partial charge >= 0.3 is 46.4 Å². The maximum absolute atomic E-state index is 10.4. The first kappa shape index (κ1) is 69.6. The number of benzene rings is 14. The van der Waals surface area contributed by atoms with Crippen LogP contribution in [0, 0.1) is 0 Å². The third-order valence-electron chi connectivity index (χ3n) is 20.3.